The maximum absolute atomic E-state index is 11.5. The molecule has 3 nitrogen and oxygen atoms in total. The Balaban J connectivity index is 2.32. The first-order valence-corrected chi connectivity index (χ1v) is 6.61. The standard InChI is InChI=1S/C17H16N2O/c1-11-4-5-14(13(3)8-11)17-15(10-20)19-7-6-12(2)9-16(19)18-17/h4-10H,1-3H3. The second kappa shape index (κ2) is 4.60. The van der Waals surface area contributed by atoms with Gasteiger partial charge < -0.3 is 0 Å². The lowest BCUT2D eigenvalue weighted by Crippen LogP contribution is -1.93. The molecule has 2 aromatic heterocycles. The van der Waals surface area contributed by atoms with Crippen molar-refractivity contribution in [3.05, 3.63) is 58.9 Å². The Morgan fingerprint density at radius 1 is 1.05 bits per heavy atom. The van der Waals surface area contributed by atoms with Gasteiger partial charge >= 0.3 is 0 Å². The van der Waals surface area contributed by atoms with Crippen LogP contribution >= 0.6 is 0 Å². The molecule has 0 unspecified atom stereocenters. The molecule has 0 aliphatic carbocycles. The fourth-order valence-corrected chi connectivity index (χ4v) is 2.56. The van der Waals surface area contributed by atoms with Crippen LogP contribution in [0.2, 0.25) is 0 Å². The number of pyridine rings is 1. The van der Waals surface area contributed by atoms with Gasteiger partial charge in [0, 0.05) is 11.8 Å². The number of rotatable bonds is 2. The number of aryl methyl sites for hydroxylation is 3. The first kappa shape index (κ1) is 12.6. The summed E-state index contributed by atoms with van der Waals surface area (Å²) in [5.74, 6) is 0. The van der Waals surface area contributed by atoms with Crippen LogP contribution in [-0.4, -0.2) is 15.7 Å². The quantitative estimate of drug-likeness (QED) is 0.661. The molecule has 3 heteroatoms. The number of hydrogen-bond donors (Lipinski definition) is 0. The van der Waals surface area contributed by atoms with E-state index in [4.69, 9.17) is 0 Å². The Kier molecular flexibility index (Phi) is 2.90. The molecule has 20 heavy (non-hydrogen) atoms. The third kappa shape index (κ3) is 1.92. The molecule has 0 amide bonds. The highest BCUT2D eigenvalue weighted by Gasteiger charge is 2.15. The molecule has 1 aromatic carbocycles. The Labute approximate surface area is 117 Å². The summed E-state index contributed by atoms with van der Waals surface area (Å²) < 4.78 is 1.84. The average Bonchev–Trinajstić information content (AvgIpc) is 2.75. The van der Waals surface area contributed by atoms with Gasteiger partial charge in [-0.2, -0.15) is 0 Å². The van der Waals surface area contributed by atoms with Gasteiger partial charge in [0.1, 0.15) is 17.0 Å². The van der Waals surface area contributed by atoms with Crippen LogP contribution in [0.3, 0.4) is 0 Å². The van der Waals surface area contributed by atoms with Crippen molar-refractivity contribution in [2.75, 3.05) is 0 Å². The largest absolute Gasteiger partial charge is 0.297 e. The molecule has 0 N–H and O–H groups in total. The fourth-order valence-electron chi connectivity index (χ4n) is 2.56. The number of aldehydes is 1. The van der Waals surface area contributed by atoms with Gasteiger partial charge in [-0.25, -0.2) is 4.98 Å². The molecule has 2 heterocycles. The van der Waals surface area contributed by atoms with Gasteiger partial charge in [0.25, 0.3) is 0 Å². The smallest absolute Gasteiger partial charge is 0.169 e. The molecule has 0 bridgehead atoms. The van der Waals surface area contributed by atoms with Gasteiger partial charge in [-0.15, -0.1) is 0 Å². The number of hydrogen-bond acceptors (Lipinski definition) is 2. The molecule has 3 aromatic rings. The molecule has 0 saturated carbocycles. The number of aromatic nitrogens is 2. The Morgan fingerprint density at radius 2 is 1.80 bits per heavy atom. The highest BCUT2D eigenvalue weighted by molar-refractivity contribution is 5.87. The van der Waals surface area contributed by atoms with E-state index in [1.165, 1.54) is 5.56 Å². The molecule has 0 spiro atoms. The molecular weight excluding hydrogens is 248 g/mol. The lowest BCUT2D eigenvalue weighted by atomic mass is 10.0. The third-order valence-electron chi connectivity index (χ3n) is 3.57. The minimum Gasteiger partial charge on any atom is -0.297 e. The Morgan fingerprint density at radius 3 is 2.50 bits per heavy atom. The number of fused-ring (bicyclic) bond motifs is 1. The summed E-state index contributed by atoms with van der Waals surface area (Å²) in [5.41, 5.74) is 6.65. The van der Waals surface area contributed by atoms with Gasteiger partial charge in [0.15, 0.2) is 6.29 Å². The van der Waals surface area contributed by atoms with E-state index in [0.29, 0.717) is 5.69 Å². The summed E-state index contributed by atoms with van der Waals surface area (Å²) in [6, 6.07) is 10.2. The Hall–Kier alpha value is -2.42. The van der Waals surface area contributed by atoms with E-state index in [0.717, 1.165) is 34.3 Å². The topological polar surface area (TPSA) is 34.4 Å². The summed E-state index contributed by atoms with van der Waals surface area (Å²) >= 11 is 0. The van der Waals surface area contributed by atoms with Crippen molar-refractivity contribution < 1.29 is 4.79 Å². The molecule has 0 saturated heterocycles. The van der Waals surface area contributed by atoms with E-state index in [2.05, 4.69) is 18.0 Å². The van der Waals surface area contributed by atoms with E-state index in [1.807, 2.05) is 48.7 Å². The zero-order valence-electron chi connectivity index (χ0n) is 11.8. The van der Waals surface area contributed by atoms with Gasteiger partial charge in [0.2, 0.25) is 0 Å². The summed E-state index contributed by atoms with van der Waals surface area (Å²) in [6.45, 7) is 6.13. The van der Waals surface area contributed by atoms with E-state index in [1.54, 1.807) is 0 Å². The predicted molar refractivity (Wildman–Crippen MR) is 80.2 cm³/mol. The maximum Gasteiger partial charge on any atom is 0.169 e. The van der Waals surface area contributed by atoms with E-state index in [-0.39, 0.29) is 0 Å². The molecule has 0 atom stereocenters. The normalized spacial score (nSPS) is 10.9. The van der Waals surface area contributed by atoms with E-state index < -0.39 is 0 Å². The predicted octanol–water partition coefficient (Wildman–Crippen LogP) is 3.74. The molecule has 3 rings (SSSR count). The van der Waals surface area contributed by atoms with Crippen LogP contribution in [0.5, 0.6) is 0 Å². The highest BCUT2D eigenvalue weighted by Crippen LogP contribution is 2.27. The van der Waals surface area contributed by atoms with Crippen LogP contribution in [0.4, 0.5) is 0 Å². The van der Waals surface area contributed by atoms with Crippen molar-refractivity contribution in [1.82, 2.24) is 9.38 Å². The van der Waals surface area contributed by atoms with Crippen molar-refractivity contribution in [3.63, 3.8) is 0 Å². The lowest BCUT2D eigenvalue weighted by Gasteiger charge is -2.04. The monoisotopic (exact) mass is 264 g/mol. The first-order valence-electron chi connectivity index (χ1n) is 6.61. The van der Waals surface area contributed by atoms with E-state index in [9.17, 15) is 4.79 Å². The summed E-state index contributed by atoms with van der Waals surface area (Å²) in [6.07, 6.45) is 2.78. The van der Waals surface area contributed by atoms with Gasteiger partial charge in [-0.3, -0.25) is 9.20 Å². The second-order valence-corrected chi connectivity index (χ2v) is 5.21. The van der Waals surface area contributed by atoms with Crippen LogP contribution in [0, 0.1) is 20.8 Å². The second-order valence-electron chi connectivity index (χ2n) is 5.21. The summed E-state index contributed by atoms with van der Waals surface area (Å²) in [4.78, 5) is 16.1. The van der Waals surface area contributed by atoms with Gasteiger partial charge in [-0.1, -0.05) is 23.8 Å². The number of carbonyl (C=O) groups excluding carboxylic acids is 1. The number of imidazole rings is 1. The van der Waals surface area contributed by atoms with Gasteiger partial charge in [0.05, 0.1) is 0 Å². The summed E-state index contributed by atoms with van der Waals surface area (Å²) in [7, 11) is 0. The molecular formula is C17H16N2O. The van der Waals surface area contributed by atoms with Gasteiger partial charge in [-0.05, 0) is 44.0 Å². The molecule has 100 valence electrons. The minimum atomic E-state index is 0.604. The van der Waals surface area contributed by atoms with Crippen molar-refractivity contribution >= 4 is 11.9 Å². The van der Waals surface area contributed by atoms with Crippen LogP contribution in [0.1, 0.15) is 27.2 Å². The zero-order chi connectivity index (χ0) is 14.3. The van der Waals surface area contributed by atoms with Crippen LogP contribution in [0.15, 0.2) is 36.5 Å². The third-order valence-corrected chi connectivity index (χ3v) is 3.57. The number of benzene rings is 1. The van der Waals surface area contributed by atoms with Crippen molar-refractivity contribution in [1.29, 1.82) is 0 Å². The summed E-state index contributed by atoms with van der Waals surface area (Å²) in [5, 5.41) is 0. The highest BCUT2D eigenvalue weighted by atomic mass is 16.1. The number of carbonyl (C=O) groups is 1. The molecule has 0 aliphatic heterocycles. The maximum atomic E-state index is 11.5. The van der Waals surface area contributed by atoms with Crippen molar-refractivity contribution in [2.45, 2.75) is 20.8 Å². The van der Waals surface area contributed by atoms with E-state index >= 15 is 0 Å². The molecule has 0 radical (unpaired) electrons. The van der Waals surface area contributed by atoms with Crippen LogP contribution < -0.4 is 0 Å². The lowest BCUT2D eigenvalue weighted by molar-refractivity contribution is 0.111. The molecule has 0 aliphatic rings. The van der Waals surface area contributed by atoms with Crippen LogP contribution in [0.25, 0.3) is 16.9 Å². The molecule has 0 fully saturated rings. The van der Waals surface area contributed by atoms with Crippen molar-refractivity contribution in [3.8, 4) is 11.3 Å². The number of nitrogens with zero attached hydrogens (tertiary/aromatic N) is 2. The zero-order valence-corrected chi connectivity index (χ0v) is 11.8. The minimum absolute atomic E-state index is 0.604. The van der Waals surface area contributed by atoms with Crippen LogP contribution in [-0.2, 0) is 0 Å². The van der Waals surface area contributed by atoms with Crippen molar-refractivity contribution in [2.24, 2.45) is 0 Å². The average molecular weight is 264 g/mol. The fraction of sp³-hybridized carbons (Fsp3) is 0.176. The SMILES string of the molecule is Cc1ccc(-c2nc3cc(C)ccn3c2C=O)c(C)c1. The Bertz CT molecular complexity index is 815. The first-order chi connectivity index (χ1) is 9.60.